The number of amides is 1. The van der Waals surface area contributed by atoms with E-state index in [1.54, 1.807) is 43.7 Å². The molecule has 2 fully saturated rings. The van der Waals surface area contributed by atoms with Crippen molar-refractivity contribution in [3.63, 3.8) is 0 Å². The van der Waals surface area contributed by atoms with Gasteiger partial charge in [0.1, 0.15) is 60.3 Å². The highest BCUT2D eigenvalue weighted by Crippen LogP contribution is 2.34. The number of methoxy groups -OCH3 is 2. The van der Waals surface area contributed by atoms with Crippen molar-refractivity contribution in [2.24, 2.45) is 0 Å². The molecule has 10 rings (SSSR count). The summed E-state index contributed by atoms with van der Waals surface area (Å²) >= 11 is 12.2. The summed E-state index contributed by atoms with van der Waals surface area (Å²) in [7, 11) is 3.24. The molecular formula is C46H54Cl2N18O5. The van der Waals surface area contributed by atoms with Crippen LogP contribution in [-0.2, 0) is 22.7 Å². The van der Waals surface area contributed by atoms with Crippen LogP contribution in [0.25, 0.3) is 45.1 Å². The SMILES string of the molecule is COc1cc(N2CCN(C(=O)Cn3nc(-c4ncc[nH]4)c4c(N)ncnc43)C(C)(C)C2)ccc1Cl.COc1cc(N2CCNC(C)(C)C2)ccc1Cl.Nc1ncnc2c1c(-c1ncc[nH]1)nn2CC(=O)O. The van der Waals surface area contributed by atoms with Gasteiger partial charge in [-0.25, -0.2) is 39.3 Å². The molecule has 2 aliphatic heterocycles. The molecule has 0 radical (unpaired) electrons. The zero-order chi connectivity index (χ0) is 50.6. The van der Waals surface area contributed by atoms with Gasteiger partial charge in [-0.1, -0.05) is 23.2 Å². The summed E-state index contributed by atoms with van der Waals surface area (Å²) in [4.78, 5) is 61.5. The monoisotopic (exact) mass is 1010 g/mol. The van der Waals surface area contributed by atoms with E-state index in [1.807, 2.05) is 41.3 Å². The maximum Gasteiger partial charge on any atom is 0.325 e. The molecule has 2 saturated heterocycles. The molecule has 2 aromatic carbocycles. The number of ether oxygens (including phenoxy) is 2. The Balaban J connectivity index is 0.000000158. The number of anilines is 4. The Labute approximate surface area is 417 Å². The zero-order valence-corrected chi connectivity index (χ0v) is 41.4. The summed E-state index contributed by atoms with van der Waals surface area (Å²) in [5, 5.41) is 23.5. The average molecular weight is 1010 g/mol. The molecule has 25 heteroatoms. The number of nitrogen functional groups attached to an aromatic ring is 2. The van der Waals surface area contributed by atoms with E-state index in [0.717, 1.165) is 31.1 Å². The van der Waals surface area contributed by atoms with E-state index in [2.05, 4.69) is 92.9 Å². The number of nitrogens with one attached hydrogen (secondary N) is 3. The summed E-state index contributed by atoms with van der Waals surface area (Å²) in [6.07, 6.45) is 9.17. The molecule has 0 spiro atoms. The van der Waals surface area contributed by atoms with Crippen LogP contribution in [0.5, 0.6) is 11.5 Å². The second-order valence-corrected chi connectivity index (χ2v) is 18.7. The Bertz CT molecular complexity index is 3160. The summed E-state index contributed by atoms with van der Waals surface area (Å²) in [5.41, 5.74) is 15.6. The van der Waals surface area contributed by atoms with Gasteiger partial charge in [0.05, 0.1) is 40.6 Å². The van der Waals surface area contributed by atoms with Crippen molar-refractivity contribution in [1.82, 2.24) is 69.6 Å². The van der Waals surface area contributed by atoms with Crippen LogP contribution in [-0.4, -0.2) is 146 Å². The maximum atomic E-state index is 13.5. The quantitative estimate of drug-likeness (QED) is 0.105. The van der Waals surface area contributed by atoms with Crippen LogP contribution < -0.4 is 36.1 Å². The summed E-state index contributed by atoms with van der Waals surface area (Å²) in [6.45, 7) is 13.1. The summed E-state index contributed by atoms with van der Waals surface area (Å²) < 4.78 is 13.4. The highest BCUT2D eigenvalue weighted by Gasteiger charge is 2.37. The highest BCUT2D eigenvalue weighted by molar-refractivity contribution is 6.32. The number of H-pyrrole nitrogens is 2. The van der Waals surface area contributed by atoms with E-state index in [1.165, 1.54) is 23.0 Å². The number of aliphatic carboxylic acids is 1. The number of fused-ring (bicyclic) bond motifs is 2. The molecular weight excluding hydrogens is 956 g/mol. The molecule has 1 amide bonds. The second kappa shape index (κ2) is 20.7. The number of benzene rings is 2. The molecule has 0 bridgehead atoms. The fourth-order valence-electron chi connectivity index (χ4n) is 8.63. The number of hydrogen-bond acceptors (Lipinski definition) is 17. The lowest BCUT2D eigenvalue weighted by Gasteiger charge is -2.48. The average Bonchev–Trinajstić information content (AvgIpc) is 4.18. The van der Waals surface area contributed by atoms with E-state index in [4.69, 9.17) is 49.2 Å². The number of aromatic nitrogens is 12. The van der Waals surface area contributed by atoms with Gasteiger partial charge in [0.25, 0.3) is 0 Å². The van der Waals surface area contributed by atoms with Crippen molar-refractivity contribution < 1.29 is 24.2 Å². The predicted octanol–water partition coefficient (Wildman–Crippen LogP) is 5.01. The molecule has 0 saturated carbocycles. The minimum Gasteiger partial charge on any atom is -0.495 e. The third-order valence-corrected chi connectivity index (χ3v) is 12.5. The lowest BCUT2D eigenvalue weighted by Crippen LogP contribution is -2.61. The van der Waals surface area contributed by atoms with Crippen molar-refractivity contribution in [2.45, 2.75) is 51.9 Å². The number of nitrogens with zero attached hydrogens (tertiary/aromatic N) is 13. The van der Waals surface area contributed by atoms with Crippen LogP contribution in [0.1, 0.15) is 27.7 Å². The number of imidazole rings is 2. The maximum absolute atomic E-state index is 13.5. The number of hydrogen-bond donors (Lipinski definition) is 6. The van der Waals surface area contributed by atoms with Crippen LogP contribution in [0.3, 0.4) is 0 Å². The Hall–Kier alpha value is -7.76. The molecule has 8 N–H and O–H groups in total. The van der Waals surface area contributed by atoms with Gasteiger partial charge in [0, 0.05) is 93.1 Å². The van der Waals surface area contributed by atoms with Gasteiger partial charge in [0.15, 0.2) is 22.9 Å². The molecule has 8 aromatic rings. The molecule has 23 nitrogen and oxygen atoms in total. The van der Waals surface area contributed by atoms with Crippen LogP contribution in [0.2, 0.25) is 10.0 Å². The van der Waals surface area contributed by atoms with Crippen molar-refractivity contribution in [1.29, 1.82) is 0 Å². The van der Waals surface area contributed by atoms with E-state index < -0.39 is 11.5 Å². The fraction of sp³-hybridized carbons (Fsp3) is 0.348. The van der Waals surface area contributed by atoms with E-state index in [9.17, 15) is 9.59 Å². The number of rotatable bonds is 10. The van der Waals surface area contributed by atoms with Gasteiger partial charge in [-0.05, 0) is 52.0 Å². The third kappa shape index (κ3) is 10.9. The number of carboxylic acid groups (broad SMARTS) is 1. The highest BCUT2D eigenvalue weighted by atomic mass is 35.5. The first-order valence-corrected chi connectivity index (χ1v) is 23.1. The Kier molecular flexibility index (Phi) is 14.5. The van der Waals surface area contributed by atoms with E-state index in [-0.39, 0.29) is 36.2 Å². The third-order valence-electron chi connectivity index (χ3n) is 11.9. The van der Waals surface area contributed by atoms with Crippen LogP contribution in [0.4, 0.5) is 23.0 Å². The molecule has 0 aliphatic carbocycles. The van der Waals surface area contributed by atoms with Crippen molar-refractivity contribution in [2.75, 3.05) is 74.8 Å². The van der Waals surface area contributed by atoms with Crippen LogP contribution >= 0.6 is 23.2 Å². The molecule has 0 atom stereocenters. The molecule has 6 aromatic heterocycles. The van der Waals surface area contributed by atoms with Gasteiger partial charge in [-0.3, -0.25) is 9.59 Å². The number of halogens is 2. The van der Waals surface area contributed by atoms with Gasteiger partial charge in [-0.15, -0.1) is 0 Å². The number of carboxylic acids is 1. The first-order valence-electron chi connectivity index (χ1n) is 22.3. The molecule has 71 heavy (non-hydrogen) atoms. The lowest BCUT2D eigenvalue weighted by atomic mass is 9.98. The second-order valence-electron chi connectivity index (χ2n) is 17.8. The zero-order valence-electron chi connectivity index (χ0n) is 39.9. The van der Waals surface area contributed by atoms with Crippen LogP contribution in [0.15, 0.2) is 73.8 Å². The lowest BCUT2D eigenvalue weighted by molar-refractivity contribution is -0.138. The molecule has 2 aliphatic rings. The first-order chi connectivity index (χ1) is 34.0. The number of nitrogens with two attached hydrogens (primary N) is 2. The van der Waals surface area contributed by atoms with Crippen molar-refractivity contribution in [3.05, 3.63) is 83.9 Å². The number of piperazine rings is 2. The largest absolute Gasteiger partial charge is 0.495 e. The first kappa shape index (κ1) is 49.7. The standard InChI is InChI=1S/C23H26ClN9O2.C13H19ClN2O.C10H9N7O2/c1-23(2)12-31(14-4-5-15(24)16(10-14)35-3)8-9-32(23)17(34)11-33-22-18(20(25)28-13-29-22)19(30-33)21-26-6-7-27-21;1-13(2)9-16(7-6-15-13)10-4-5-11(14)12(8-10)17-3;11-8-6-7(9-12-1-2-13-9)16-17(3-5(18)19)10(6)15-4-14-8/h4-7,10,13H,8-9,11-12H2,1-3H3,(H,26,27)(H2,25,28,29);4-5,8,15H,6-7,9H2,1-3H3;1-2,4H,3H2,(H,12,13)(H,18,19)(H2,11,14,15). The topological polar surface area (TPSA) is 291 Å². The Morgan fingerprint density at radius 2 is 1.21 bits per heavy atom. The Morgan fingerprint density at radius 1 is 0.704 bits per heavy atom. The molecule has 0 unspecified atom stereocenters. The molecule has 8 heterocycles. The van der Waals surface area contributed by atoms with E-state index >= 15 is 0 Å². The minimum atomic E-state index is -1.02. The molecule has 372 valence electrons. The minimum absolute atomic E-state index is 0.0197. The van der Waals surface area contributed by atoms with Gasteiger partial charge in [-0.2, -0.15) is 10.2 Å². The number of carbonyl (C=O) groups excluding carboxylic acids is 1. The summed E-state index contributed by atoms with van der Waals surface area (Å²) in [6, 6.07) is 11.7. The normalized spacial score (nSPS) is 15.2. The van der Waals surface area contributed by atoms with E-state index in [0.29, 0.717) is 80.5 Å². The Morgan fingerprint density at radius 3 is 1.66 bits per heavy atom. The van der Waals surface area contributed by atoms with Gasteiger partial charge >= 0.3 is 5.97 Å². The van der Waals surface area contributed by atoms with Gasteiger partial charge in [0.2, 0.25) is 5.91 Å². The fourth-order valence-corrected chi connectivity index (χ4v) is 9.02. The predicted molar refractivity (Wildman–Crippen MR) is 271 cm³/mol. The van der Waals surface area contributed by atoms with Crippen LogP contribution in [0, 0.1) is 0 Å². The van der Waals surface area contributed by atoms with Crippen molar-refractivity contribution in [3.8, 4) is 34.5 Å². The number of aromatic amines is 2. The smallest absolute Gasteiger partial charge is 0.325 e. The van der Waals surface area contributed by atoms with Gasteiger partial charge < -0.3 is 56.0 Å². The number of carbonyl (C=O) groups is 2. The summed E-state index contributed by atoms with van der Waals surface area (Å²) in [5.74, 6) is 1.81. The van der Waals surface area contributed by atoms with Crippen molar-refractivity contribution >= 4 is 80.2 Å².